The van der Waals surface area contributed by atoms with Gasteiger partial charge in [-0.15, -0.1) is 11.6 Å². The van der Waals surface area contributed by atoms with E-state index < -0.39 is 11.3 Å². The van der Waals surface area contributed by atoms with Gasteiger partial charge in [-0.1, -0.05) is 36.5 Å². The second-order valence-electron chi connectivity index (χ2n) is 2.38. The molecule has 0 bridgehead atoms. The van der Waals surface area contributed by atoms with Crippen LogP contribution < -0.4 is 0 Å². The minimum absolute atomic E-state index is 0.0348. The summed E-state index contributed by atoms with van der Waals surface area (Å²) in [6, 6.07) is 0. The Labute approximate surface area is 92.8 Å². The van der Waals surface area contributed by atoms with Gasteiger partial charge in [-0.05, 0) is 12.5 Å². The number of unbranched alkanes of at least 4 members (excludes halogenated alkanes) is 1. The lowest BCUT2D eigenvalue weighted by Crippen LogP contribution is -2.16. The Hall–Kier alpha value is 0.0800. The molecule has 0 aromatic carbocycles. The molecule has 0 saturated carbocycles. The van der Waals surface area contributed by atoms with Crippen LogP contribution in [0.15, 0.2) is 10.6 Å². The molecule has 0 aromatic rings. The zero-order valence-corrected chi connectivity index (χ0v) is 9.49. The number of ether oxygens (including phenoxy) is 1. The molecule has 0 amide bonds. The summed E-state index contributed by atoms with van der Waals surface area (Å²) in [5, 5.41) is -0.901. The van der Waals surface area contributed by atoms with Crippen LogP contribution in [0.3, 0.4) is 0 Å². The minimum atomic E-state index is -0.901. The summed E-state index contributed by atoms with van der Waals surface area (Å²) in [6.07, 6.45) is 3.01. The maximum Gasteiger partial charge on any atom is 0.328 e. The highest BCUT2D eigenvalue weighted by Crippen LogP contribution is 2.12. The average molecular weight is 246 g/mol. The normalized spacial score (nSPS) is 12.0. The monoisotopic (exact) mass is 244 g/mol. The lowest BCUT2D eigenvalue weighted by molar-refractivity contribution is -0.142. The molecule has 0 aliphatic carbocycles. The predicted octanol–water partition coefficient (Wildman–Crippen LogP) is 3.26. The highest BCUT2D eigenvalue weighted by atomic mass is 35.5. The Kier molecular flexibility index (Phi) is 7.53. The van der Waals surface area contributed by atoms with Gasteiger partial charge in [-0.3, -0.25) is 4.79 Å². The average Bonchev–Trinajstić information content (AvgIpc) is 2.03. The van der Waals surface area contributed by atoms with E-state index >= 15 is 0 Å². The van der Waals surface area contributed by atoms with Crippen molar-refractivity contribution < 1.29 is 9.53 Å². The van der Waals surface area contributed by atoms with Gasteiger partial charge >= 0.3 is 5.97 Å². The van der Waals surface area contributed by atoms with Crippen molar-refractivity contribution in [3.05, 3.63) is 10.6 Å². The van der Waals surface area contributed by atoms with E-state index in [0.717, 1.165) is 12.8 Å². The number of halogens is 3. The van der Waals surface area contributed by atoms with Crippen LogP contribution >= 0.6 is 34.8 Å². The number of hydrogen-bond donors (Lipinski definition) is 0. The third kappa shape index (κ3) is 7.17. The Morgan fingerprint density at radius 3 is 2.62 bits per heavy atom. The van der Waals surface area contributed by atoms with Gasteiger partial charge in [0.15, 0.2) is 5.38 Å². The van der Waals surface area contributed by atoms with Crippen molar-refractivity contribution in [3.63, 3.8) is 0 Å². The first kappa shape index (κ1) is 13.1. The van der Waals surface area contributed by atoms with Crippen LogP contribution in [0.2, 0.25) is 0 Å². The van der Waals surface area contributed by atoms with Gasteiger partial charge in [0.25, 0.3) is 0 Å². The van der Waals surface area contributed by atoms with Gasteiger partial charge in [-0.2, -0.15) is 0 Å². The lowest BCUT2D eigenvalue weighted by atomic mass is 10.3. The molecule has 2 nitrogen and oxygen atoms in total. The highest BCUT2D eigenvalue weighted by Gasteiger charge is 2.13. The summed E-state index contributed by atoms with van der Waals surface area (Å²) in [7, 11) is 0. The fraction of sp³-hybridized carbons (Fsp3) is 0.625. The standard InChI is InChI=1S/C8H11Cl3O2/c1-2-3-4-13-8(12)6(9)5-7(10)11/h5-6H,2-4H2,1H3. The molecule has 1 atom stereocenters. The van der Waals surface area contributed by atoms with Gasteiger partial charge in [0.05, 0.1) is 6.61 Å². The summed E-state index contributed by atoms with van der Waals surface area (Å²) in [5.41, 5.74) is 0. The van der Waals surface area contributed by atoms with Crippen LogP contribution in [0.4, 0.5) is 0 Å². The number of hydrogen-bond acceptors (Lipinski definition) is 2. The van der Waals surface area contributed by atoms with Crippen molar-refractivity contribution in [1.82, 2.24) is 0 Å². The molecular formula is C8H11Cl3O2. The molecule has 0 spiro atoms. The first-order chi connectivity index (χ1) is 6.07. The molecule has 1 unspecified atom stereocenters. The van der Waals surface area contributed by atoms with Crippen LogP contribution in [-0.4, -0.2) is 18.0 Å². The van der Waals surface area contributed by atoms with Crippen LogP contribution in [-0.2, 0) is 9.53 Å². The molecule has 0 heterocycles. The smallest absolute Gasteiger partial charge is 0.328 e. The van der Waals surface area contributed by atoms with E-state index in [4.69, 9.17) is 39.5 Å². The maximum atomic E-state index is 11.0. The fourth-order valence-corrected chi connectivity index (χ4v) is 1.15. The van der Waals surface area contributed by atoms with E-state index in [1.54, 1.807) is 0 Å². The van der Waals surface area contributed by atoms with E-state index in [9.17, 15) is 4.79 Å². The lowest BCUT2D eigenvalue weighted by Gasteiger charge is -2.05. The molecule has 0 aliphatic heterocycles. The quantitative estimate of drug-likeness (QED) is 0.422. The number of alkyl halides is 1. The zero-order valence-electron chi connectivity index (χ0n) is 7.23. The molecule has 0 saturated heterocycles. The molecular weight excluding hydrogens is 234 g/mol. The SMILES string of the molecule is CCCCOC(=O)C(Cl)C=C(Cl)Cl. The van der Waals surface area contributed by atoms with E-state index in [-0.39, 0.29) is 4.49 Å². The van der Waals surface area contributed by atoms with E-state index in [2.05, 4.69) is 0 Å². The maximum absolute atomic E-state index is 11.0. The summed E-state index contributed by atoms with van der Waals surface area (Å²) in [4.78, 5) is 11.0. The third-order valence-corrected chi connectivity index (χ3v) is 1.80. The summed E-state index contributed by atoms with van der Waals surface area (Å²) in [6.45, 7) is 2.38. The molecule has 0 aliphatic rings. The van der Waals surface area contributed by atoms with E-state index in [0.29, 0.717) is 6.61 Å². The van der Waals surface area contributed by atoms with Gasteiger partial charge in [0.1, 0.15) is 4.49 Å². The number of carbonyl (C=O) groups excluding carboxylic acids is 1. The second-order valence-corrected chi connectivity index (χ2v) is 3.86. The van der Waals surface area contributed by atoms with Gasteiger partial charge in [-0.25, -0.2) is 0 Å². The Morgan fingerprint density at radius 2 is 2.15 bits per heavy atom. The molecule has 0 rings (SSSR count). The van der Waals surface area contributed by atoms with Crippen molar-refractivity contribution in [2.24, 2.45) is 0 Å². The van der Waals surface area contributed by atoms with Gasteiger partial charge in [0, 0.05) is 0 Å². The fourth-order valence-electron chi connectivity index (χ4n) is 0.575. The van der Waals surface area contributed by atoms with Crippen molar-refractivity contribution in [1.29, 1.82) is 0 Å². The first-order valence-corrected chi connectivity index (χ1v) is 5.10. The van der Waals surface area contributed by atoms with E-state index in [1.165, 1.54) is 6.08 Å². The van der Waals surface area contributed by atoms with Crippen molar-refractivity contribution in [3.8, 4) is 0 Å². The highest BCUT2D eigenvalue weighted by molar-refractivity contribution is 6.56. The molecule has 5 heteroatoms. The van der Waals surface area contributed by atoms with Crippen molar-refractivity contribution >= 4 is 40.8 Å². The summed E-state index contributed by atoms with van der Waals surface area (Å²) >= 11 is 16.2. The molecule has 0 N–H and O–H groups in total. The molecule has 0 fully saturated rings. The Balaban J connectivity index is 3.76. The first-order valence-electron chi connectivity index (χ1n) is 3.91. The summed E-state index contributed by atoms with van der Waals surface area (Å²) < 4.78 is 4.78. The second kappa shape index (κ2) is 7.48. The van der Waals surface area contributed by atoms with Gasteiger partial charge < -0.3 is 4.74 Å². The topological polar surface area (TPSA) is 26.3 Å². The van der Waals surface area contributed by atoms with Crippen LogP contribution in [0, 0.1) is 0 Å². The van der Waals surface area contributed by atoms with E-state index in [1.807, 2.05) is 6.92 Å². The molecule has 0 radical (unpaired) electrons. The summed E-state index contributed by atoms with van der Waals surface area (Å²) in [5.74, 6) is -0.520. The van der Waals surface area contributed by atoms with Crippen molar-refractivity contribution in [2.75, 3.05) is 6.61 Å². The molecule has 0 aromatic heterocycles. The van der Waals surface area contributed by atoms with Crippen molar-refractivity contribution in [2.45, 2.75) is 25.1 Å². The van der Waals surface area contributed by atoms with Gasteiger partial charge in [0.2, 0.25) is 0 Å². The Morgan fingerprint density at radius 1 is 1.54 bits per heavy atom. The Bertz CT molecular complexity index is 188. The third-order valence-electron chi connectivity index (χ3n) is 1.24. The number of carbonyl (C=O) groups is 1. The van der Waals surface area contributed by atoms with Crippen LogP contribution in [0.1, 0.15) is 19.8 Å². The predicted molar refractivity (Wildman–Crippen MR) is 55.3 cm³/mol. The minimum Gasteiger partial charge on any atom is -0.464 e. The zero-order chi connectivity index (χ0) is 10.3. The van der Waals surface area contributed by atoms with Crippen LogP contribution in [0.5, 0.6) is 0 Å². The molecule has 76 valence electrons. The van der Waals surface area contributed by atoms with Crippen LogP contribution in [0.25, 0.3) is 0 Å². The largest absolute Gasteiger partial charge is 0.464 e. The number of esters is 1. The molecule has 13 heavy (non-hydrogen) atoms. The number of rotatable bonds is 5.